The number of aryl methyl sites for hydroxylation is 3. The van der Waals surface area contributed by atoms with E-state index < -0.39 is 0 Å². The lowest BCUT2D eigenvalue weighted by molar-refractivity contribution is 0.397. The molecular weight excluding hydrogens is 382 g/mol. The molecule has 0 N–H and O–H groups in total. The first-order valence-electron chi connectivity index (χ1n) is 10.7. The van der Waals surface area contributed by atoms with Crippen LogP contribution in [0.2, 0.25) is 0 Å². The normalized spacial score (nSPS) is 11.8. The molecule has 0 fully saturated rings. The van der Waals surface area contributed by atoms with E-state index in [1.807, 2.05) is 50.3 Å². The van der Waals surface area contributed by atoms with E-state index in [9.17, 15) is 0 Å². The smallest absolute Gasteiger partial charge is 0.222 e. The average Bonchev–Trinajstić information content (AvgIpc) is 3.03. The Balaban J connectivity index is 0.000000366. The van der Waals surface area contributed by atoms with Crippen LogP contribution in [0.25, 0.3) is 22.3 Å². The van der Waals surface area contributed by atoms with Crippen molar-refractivity contribution in [3.63, 3.8) is 0 Å². The zero-order valence-electron chi connectivity index (χ0n) is 20.1. The maximum Gasteiger partial charge on any atom is 0.222 e. The van der Waals surface area contributed by atoms with Crippen LogP contribution >= 0.6 is 0 Å². The summed E-state index contributed by atoms with van der Waals surface area (Å²) >= 11 is 0. The summed E-state index contributed by atoms with van der Waals surface area (Å²) < 4.78 is 7.65. The van der Waals surface area contributed by atoms with Gasteiger partial charge in [-0.05, 0) is 62.9 Å². The highest BCUT2D eigenvalue weighted by Crippen LogP contribution is 2.33. The van der Waals surface area contributed by atoms with Crippen LogP contribution in [0.15, 0.2) is 60.9 Å². The molecule has 4 nitrogen and oxygen atoms in total. The van der Waals surface area contributed by atoms with Gasteiger partial charge in [-0.25, -0.2) is 9.97 Å². The van der Waals surface area contributed by atoms with Crippen molar-refractivity contribution in [1.29, 1.82) is 0 Å². The Morgan fingerprint density at radius 1 is 0.935 bits per heavy atom. The van der Waals surface area contributed by atoms with E-state index in [-0.39, 0.29) is 0 Å². The molecule has 0 unspecified atom stereocenters. The molecule has 0 aromatic carbocycles. The number of nitrogens with zero attached hydrogens (tertiary/aromatic N) is 3. The molecule has 3 aromatic rings. The van der Waals surface area contributed by atoms with Crippen molar-refractivity contribution < 1.29 is 4.74 Å². The van der Waals surface area contributed by atoms with Gasteiger partial charge in [-0.15, -0.1) is 0 Å². The molecule has 0 atom stereocenters. The van der Waals surface area contributed by atoms with Crippen molar-refractivity contribution in [3.8, 4) is 17.1 Å². The molecule has 0 saturated heterocycles. The predicted molar refractivity (Wildman–Crippen MR) is 133 cm³/mol. The fourth-order valence-corrected chi connectivity index (χ4v) is 3.31. The molecule has 3 heterocycles. The largest absolute Gasteiger partial charge is 0.480 e. The Bertz CT molecular complexity index is 1090. The molecule has 0 bridgehead atoms. The zero-order valence-corrected chi connectivity index (χ0v) is 20.1. The van der Waals surface area contributed by atoms with Crippen LogP contribution in [0.5, 0.6) is 5.88 Å². The molecule has 0 radical (unpaired) electrons. The quantitative estimate of drug-likeness (QED) is 0.416. The number of hydrogen-bond donors (Lipinski definition) is 0. The third kappa shape index (κ3) is 5.94. The van der Waals surface area contributed by atoms with Crippen molar-refractivity contribution >= 4 is 11.0 Å². The fraction of sp³-hybridized carbons (Fsp3) is 0.333. The Labute approximate surface area is 187 Å². The van der Waals surface area contributed by atoms with Gasteiger partial charge >= 0.3 is 0 Å². The Kier molecular flexibility index (Phi) is 8.80. The number of rotatable bonds is 5. The average molecular weight is 418 g/mol. The summed E-state index contributed by atoms with van der Waals surface area (Å²) in [7, 11) is 3.72. The third-order valence-electron chi connectivity index (χ3n) is 4.97. The highest BCUT2D eigenvalue weighted by Gasteiger charge is 2.16. The number of allylic oxidation sites excluding steroid dienone is 6. The van der Waals surface area contributed by atoms with Gasteiger partial charge in [0, 0.05) is 18.9 Å². The monoisotopic (exact) mass is 417 g/mol. The molecule has 0 saturated carbocycles. The van der Waals surface area contributed by atoms with E-state index in [0.29, 0.717) is 11.8 Å². The van der Waals surface area contributed by atoms with Gasteiger partial charge in [0.15, 0.2) is 0 Å². The number of methoxy groups -OCH3 is 1. The first-order valence-corrected chi connectivity index (χ1v) is 10.7. The summed E-state index contributed by atoms with van der Waals surface area (Å²) in [6.45, 7) is 12.4. The summed E-state index contributed by atoms with van der Waals surface area (Å²) in [6, 6.07) is 6.31. The summed E-state index contributed by atoms with van der Waals surface area (Å²) in [5, 5.41) is 0. The van der Waals surface area contributed by atoms with Gasteiger partial charge in [-0.3, -0.25) is 0 Å². The first kappa shape index (κ1) is 24.1. The Morgan fingerprint density at radius 3 is 2.13 bits per heavy atom. The molecule has 3 aromatic heterocycles. The minimum Gasteiger partial charge on any atom is -0.480 e. The maximum absolute atomic E-state index is 5.54. The Morgan fingerprint density at radius 2 is 1.58 bits per heavy atom. The van der Waals surface area contributed by atoms with Crippen LogP contribution in [-0.2, 0) is 7.05 Å². The topological polar surface area (TPSA) is 39.9 Å². The van der Waals surface area contributed by atoms with Crippen molar-refractivity contribution in [2.75, 3.05) is 7.11 Å². The second-order valence-corrected chi connectivity index (χ2v) is 7.83. The molecule has 3 rings (SSSR count). The standard InChI is InChI=1S/C19H23N3O.C8H12/c1-11(2)15-8-7-14(19(20-15)23-6)17-12(3)9-16-18(21-17)13(4)10-22(16)5;1-3-5-7-8-6-4-2/h7-11H,1-6H3;3-8H,1-2H3/b;5-3-,6-4+,8-7-. The van der Waals surface area contributed by atoms with Crippen LogP contribution in [-0.4, -0.2) is 21.6 Å². The van der Waals surface area contributed by atoms with Gasteiger partial charge < -0.3 is 9.30 Å². The van der Waals surface area contributed by atoms with Gasteiger partial charge in [-0.1, -0.05) is 50.3 Å². The number of aromatic nitrogens is 3. The van der Waals surface area contributed by atoms with E-state index in [4.69, 9.17) is 9.72 Å². The molecular formula is C27H35N3O. The van der Waals surface area contributed by atoms with Gasteiger partial charge in [0.1, 0.15) is 0 Å². The molecule has 164 valence electrons. The maximum atomic E-state index is 5.54. The SMILES string of the molecule is COc1nc(C(C)C)ccc1-c1nc2c(C)cn(C)c2cc1C.C\C=C/C=C\C=C\C. The van der Waals surface area contributed by atoms with Crippen LogP contribution in [0.1, 0.15) is 50.4 Å². The molecule has 0 aliphatic carbocycles. The van der Waals surface area contributed by atoms with E-state index in [2.05, 4.69) is 68.7 Å². The van der Waals surface area contributed by atoms with Crippen molar-refractivity contribution in [1.82, 2.24) is 14.5 Å². The predicted octanol–water partition coefficient (Wildman–Crippen LogP) is 7.08. The molecule has 4 heteroatoms. The van der Waals surface area contributed by atoms with Crippen molar-refractivity contribution in [3.05, 3.63) is 77.7 Å². The fourth-order valence-electron chi connectivity index (χ4n) is 3.31. The van der Waals surface area contributed by atoms with Crippen LogP contribution < -0.4 is 4.74 Å². The number of hydrogen-bond acceptors (Lipinski definition) is 3. The lowest BCUT2D eigenvalue weighted by Crippen LogP contribution is -2.00. The number of pyridine rings is 2. The van der Waals surface area contributed by atoms with E-state index >= 15 is 0 Å². The summed E-state index contributed by atoms with van der Waals surface area (Å²) in [5.41, 5.74) is 7.38. The summed E-state index contributed by atoms with van der Waals surface area (Å²) in [4.78, 5) is 9.56. The first-order chi connectivity index (χ1) is 14.8. The number of ether oxygens (including phenoxy) is 1. The minimum absolute atomic E-state index is 0.367. The lowest BCUT2D eigenvalue weighted by Gasteiger charge is -2.13. The summed E-state index contributed by atoms with van der Waals surface area (Å²) in [5.74, 6) is 1.01. The second-order valence-electron chi connectivity index (χ2n) is 7.83. The third-order valence-corrected chi connectivity index (χ3v) is 4.97. The molecule has 0 amide bonds. The van der Waals surface area contributed by atoms with Gasteiger partial charge in [0.2, 0.25) is 5.88 Å². The van der Waals surface area contributed by atoms with Crippen molar-refractivity contribution in [2.45, 2.75) is 47.5 Å². The molecule has 0 aliphatic rings. The van der Waals surface area contributed by atoms with Crippen LogP contribution in [0.4, 0.5) is 0 Å². The number of fused-ring (bicyclic) bond motifs is 1. The zero-order chi connectivity index (χ0) is 23.0. The summed E-state index contributed by atoms with van der Waals surface area (Å²) in [6.07, 6.45) is 14.1. The minimum atomic E-state index is 0.367. The van der Waals surface area contributed by atoms with Crippen LogP contribution in [0.3, 0.4) is 0 Å². The molecule has 0 spiro atoms. The van der Waals surface area contributed by atoms with Gasteiger partial charge in [0.25, 0.3) is 0 Å². The van der Waals surface area contributed by atoms with Crippen LogP contribution in [0, 0.1) is 13.8 Å². The highest BCUT2D eigenvalue weighted by molar-refractivity contribution is 5.84. The Hall–Kier alpha value is -3.14. The second kappa shape index (κ2) is 11.3. The van der Waals surface area contributed by atoms with Crippen molar-refractivity contribution in [2.24, 2.45) is 7.05 Å². The highest BCUT2D eigenvalue weighted by atomic mass is 16.5. The van der Waals surface area contributed by atoms with Gasteiger partial charge in [-0.2, -0.15) is 0 Å². The van der Waals surface area contributed by atoms with Gasteiger partial charge in [0.05, 0.1) is 29.4 Å². The lowest BCUT2D eigenvalue weighted by atomic mass is 10.0. The molecule has 0 aliphatic heterocycles. The molecule has 31 heavy (non-hydrogen) atoms. The van der Waals surface area contributed by atoms with E-state index in [1.165, 1.54) is 5.56 Å². The van der Waals surface area contributed by atoms with E-state index in [0.717, 1.165) is 33.5 Å². The van der Waals surface area contributed by atoms with E-state index in [1.54, 1.807) is 7.11 Å².